The standard InChI is InChI=1S/C27H32N6O2/c1-32(2)22-13-11-20(12-14-22)31-27(34)33-16-6-8-21(18-33)30-26-24(10-5-15-29-26)25(28)19-7-4-9-23(17-19)35-3/h4-5,7,9-15,17,21,28H,6,8,16,18H2,1-3H3,(H,29,30)(H,31,34). The van der Waals surface area contributed by atoms with Crippen molar-refractivity contribution in [2.45, 2.75) is 18.9 Å². The van der Waals surface area contributed by atoms with Crippen LogP contribution >= 0.6 is 0 Å². The second-order valence-electron chi connectivity index (χ2n) is 8.81. The van der Waals surface area contributed by atoms with Crippen molar-refractivity contribution >= 4 is 28.9 Å². The van der Waals surface area contributed by atoms with Gasteiger partial charge in [0.1, 0.15) is 11.6 Å². The summed E-state index contributed by atoms with van der Waals surface area (Å²) < 4.78 is 5.31. The maximum atomic E-state index is 12.9. The monoisotopic (exact) mass is 472 g/mol. The minimum Gasteiger partial charge on any atom is -0.497 e. The van der Waals surface area contributed by atoms with Gasteiger partial charge in [-0.05, 0) is 61.4 Å². The summed E-state index contributed by atoms with van der Waals surface area (Å²) in [6.45, 7) is 1.26. The molecule has 182 valence electrons. The molecule has 0 radical (unpaired) electrons. The summed E-state index contributed by atoms with van der Waals surface area (Å²) in [5, 5.41) is 15.3. The van der Waals surface area contributed by atoms with Crippen molar-refractivity contribution in [2.24, 2.45) is 0 Å². The van der Waals surface area contributed by atoms with Crippen LogP contribution in [-0.2, 0) is 0 Å². The third-order valence-corrected chi connectivity index (χ3v) is 6.12. The van der Waals surface area contributed by atoms with E-state index in [-0.39, 0.29) is 12.1 Å². The van der Waals surface area contributed by atoms with Crippen LogP contribution in [0.3, 0.4) is 0 Å². The fourth-order valence-corrected chi connectivity index (χ4v) is 4.17. The van der Waals surface area contributed by atoms with Crippen molar-refractivity contribution in [3.05, 3.63) is 78.0 Å². The van der Waals surface area contributed by atoms with Crippen molar-refractivity contribution < 1.29 is 9.53 Å². The number of urea groups is 1. The van der Waals surface area contributed by atoms with E-state index < -0.39 is 0 Å². The van der Waals surface area contributed by atoms with Gasteiger partial charge in [0.2, 0.25) is 0 Å². The van der Waals surface area contributed by atoms with E-state index in [0.717, 1.165) is 29.8 Å². The lowest BCUT2D eigenvalue weighted by molar-refractivity contribution is 0.196. The zero-order valence-electron chi connectivity index (χ0n) is 20.4. The summed E-state index contributed by atoms with van der Waals surface area (Å²) in [6, 6.07) is 18.9. The SMILES string of the molecule is COc1cccc(C(=N)c2cccnc2NC2CCCN(C(=O)Nc3ccc(N(C)C)cc3)C2)c1. The lowest BCUT2D eigenvalue weighted by Gasteiger charge is -2.33. The molecular weight excluding hydrogens is 440 g/mol. The number of carbonyl (C=O) groups is 1. The Bertz CT molecular complexity index is 1180. The van der Waals surface area contributed by atoms with Gasteiger partial charge in [0.05, 0.1) is 12.8 Å². The Morgan fingerprint density at radius 1 is 1.14 bits per heavy atom. The summed E-state index contributed by atoms with van der Waals surface area (Å²) in [5.74, 6) is 1.35. The fourth-order valence-electron chi connectivity index (χ4n) is 4.17. The van der Waals surface area contributed by atoms with E-state index in [1.807, 2.05) is 84.6 Å². The van der Waals surface area contributed by atoms with Gasteiger partial charge >= 0.3 is 6.03 Å². The average Bonchev–Trinajstić information content (AvgIpc) is 2.89. The highest BCUT2D eigenvalue weighted by molar-refractivity contribution is 6.13. The van der Waals surface area contributed by atoms with Gasteiger partial charge in [0.15, 0.2) is 0 Å². The van der Waals surface area contributed by atoms with E-state index in [1.165, 1.54) is 0 Å². The lowest BCUT2D eigenvalue weighted by atomic mass is 10.0. The van der Waals surface area contributed by atoms with Crippen LogP contribution in [0.4, 0.5) is 22.0 Å². The molecule has 1 aromatic heterocycles. The van der Waals surface area contributed by atoms with E-state index in [0.29, 0.717) is 35.9 Å². The van der Waals surface area contributed by atoms with Crippen molar-refractivity contribution in [3.8, 4) is 5.75 Å². The van der Waals surface area contributed by atoms with E-state index in [2.05, 4.69) is 15.6 Å². The normalized spacial score (nSPS) is 15.3. The van der Waals surface area contributed by atoms with Gasteiger partial charge in [-0.25, -0.2) is 9.78 Å². The first-order valence-corrected chi connectivity index (χ1v) is 11.7. The molecule has 0 saturated carbocycles. The zero-order chi connectivity index (χ0) is 24.8. The molecule has 3 N–H and O–H groups in total. The van der Waals surface area contributed by atoms with E-state index >= 15 is 0 Å². The number of amides is 2. The van der Waals surface area contributed by atoms with Crippen LogP contribution in [0.5, 0.6) is 5.75 Å². The molecule has 1 aliphatic rings. The first kappa shape index (κ1) is 24.1. The van der Waals surface area contributed by atoms with Crippen LogP contribution in [0.25, 0.3) is 0 Å². The van der Waals surface area contributed by atoms with Crippen molar-refractivity contribution in [1.29, 1.82) is 5.41 Å². The van der Waals surface area contributed by atoms with Crippen LogP contribution in [-0.4, -0.2) is 62.0 Å². The topological polar surface area (TPSA) is 93.6 Å². The number of aromatic nitrogens is 1. The number of ether oxygens (including phenoxy) is 1. The molecule has 2 heterocycles. The second-order valence-corrected chi connectivity index (χ2v) is 8.81. The Hall–Kier alpha value is -4.07. The van der Waals surface area contributed by atoms with E-state index in [4.69, 9.17) is 10.1 Å². The van der Waals surface area contributed by atoms with Crippen LogP contribution in [0, 0.1) is 5.41 Å². The Kier molecular flexibility index (Phi) is 7.50. The van der Waals surface area contributed by atoms with Crippen LogP contribution in [0.15, 0.2) is 66.9 Å². The average molecular weight is 473 g/mol. The number of rotatable bonds is 7. The van der Waals surface area contributed by atoms with E-state index in [9.17, 15) is 4.79 Å². The number of methoxy groups -OCH3 is 1. The molecule has 0 aliphatic carbocycles. The van der Waals surface area contributed by atoms with Gasteiger partial charge < -0.3 is 25.2 Å². The van der Waals surface area contributed by atoms with Gasteiger partial charge in [0, 0.05) is 61.9 Å². The summed E-state index contributed by atoms with van der Waals surface area (Å²) in [6.07, 6.45) is 3.53. The van der Waals surface area contributed by atoms with Crippen molar-refractivity contribution in [2.75, 3.05) is 49.8 Å². The minimum atomic E-state index is -0.112. The Morgan fingerprint density at radius 2 is 1.94 bits per heavy atom. The molecule has 1 unspecified atom stereocenters. The molecule has 35 heavy (non-hydrogen) atoms. The van der Waals surface area contributed by atoms with Gasteiger partial charge in [0.25, 0.3) is 0 Å². The van der Waals surface area contributed by atoms with Gasteiger partial charge in [-0.3, -0.25) is 5.41 Å². The van der Waals surface area contributed by atoms with Gasteiger partial charge in [-0.15, -0.1) is 0 Å². The number of anilines is 3. The summed E-state index contributed by atoms with van der Waals surface area (Å²) in [5.41, 5.74) is 3.69. The number of piperidine rings is 1. The number of nitrogens with zero attached hydrogens (tertiary/aromatic N) is 3. The first-order valence-electron chi connectivity index (χ1n) is 11.7. The number of hydrogen-bond acceptors (Lipinski definition) is 6. The molecule has 1 fully saturated rings. The molecule has 8 nitrogen and oxygen atoms in total. The molecule has 0 bridgehead atoms. The number of hydrogen-bond donors (Lipinski definition) is 3. The Balaban J connectivity index is 1.42. The highest BCUT2D eigenvalue weighted by atomic mass is 16.5. The first-order chi connectivity index (χ1) is 16.9. The molecule has 1 aliphatic heterocycles. The zero-order valence-corrected chi connectivity index (χ0v) is 20.4. The van der Waals surface area contributed by atoms with E-state index in [1.54, 1.807) is 13.3 Å². The molecular formula is C27H32N6O2. The molecule has 1 atom stereocenters. The molecule has 0 spiro atoms. The minimum absolute atomic E-state index is 0.0392. The lowest BCUT2D eigenvalue weighted by Crippen LogP contribution is -2.47. The highest BCUT2D eigenvalue weighted by Gasteiger charge is 2.25. The van der Waals surface area contributed by atoms with Crippen LogP contribution in [0.1, 0.15) is 24.0 Å². The third kappa shape index (κ3) is 5.90. The molecule has 1 saturated heterocycles. The molecule has 2 amide bonds. The molecule has 8 heteroatoms. The predicted molar refractivity (Wildman–Crippen MR) is 141 cm³/mol. The highest BCUT2D eigenvalue weighted by Crippen LogP contribution is 2.23. The molecule has 2 aromatic carbocycles. The number of nitrogens with one attached hydrogen (secondary N) is 3. The third-order valence-electron chi connectivity index (χ3n) is 6.12. The predicted octanol–water partition coefficient (Wildman–Crippen LogP) is 4.68. The maximum Gasteiger partial charge on any atom is 0.321 e. The van der Waals surface area contributed by atoms with Gasteiger partial charge in [-0.2, -0.15) is 0 Å². The summed E-state index contributed by atoms with van der Waals surface area (Å²) in [4.78, 5) is 21.3. The second kappa shape index (κ2) is 10.9. The Labute approximate surface area is 206 Å². The molecule has 4 rings (SSSR count). The number of benzene rings is 2. The largest absolute Gasteiger partial charge is 0.497 e. The quantitative estimate of drug-likeness (QED) is 0.434. The number of likely N-dealkylation sites (tertiary alicyclic amines) is 1. The van der Waals surface area contributed by atoms with Crippen LogP contribution < -0.4 is 20.3 Å². The maximum absolute atomic E-state index is 12.9. The van der Waals surface area contributed by atoms with Crippen molar-refractivity contribution in [3.63, 3.8) is 0 Å². The summed E-state index contributed by atoms with van der Waals surface area (Å²) in [7, 11) is 5.59. The van der Waals surface area contributed by atoms with Gasteiger partial charge in [-0.1, -0.05) is 12.1 Å². The van der Waals surface area contributed by atoms with Crippen LogP contribution in [0.2, 0.25) is 0 Å². The van der Waals surface area contributed by atoms with Crippen molar-refractivity contribution in [1.82, 2.24) is 9.88 Å². The smallest absolute Gasteiger partial charge is 0.321 e. The number of pyridine rings is 1. The Morgan fingerprint density at radius 3 is 2.69 bits per heavy atom. The molecule has 3 aromatic rings. The summed E-state index contributed by atoms with van der Waals surface area (Å²) >= 11 is 0. The number of carbonyl (C=O) groups excluding carboxylic acids is 1. The fraction of sp³-hybridized carbons (Fsp3) is 0.296.